The summed E-state index contributed by atoms with van der Waals surface area (Å²) in [5, 5.41) is 2.69. The van der Waals surface area contributed by atoms with Gasteiger partial charge in [-0.1, -0.05) is 0 Å². The van der Waals surface area contributed by atoms with Crippen LogP contribution in [0.5, 0.6) is 0 Å². The number of piperazine rings is 1. The quantitative estimate of drug-likeness (QED) is 0.576. The molecule has 3 N–H and O–H groups in total. The third kappa shape index (κ3) is 1.48. The van der Waals surface area contributed by atoms with Gasteiger partial charge >= 0.3 is 0 Å². The van der Waals surface area contributed by atoms with Crippen molar-refractivity contribution in [2.24, 2.45) is 11.1 Å². The lowest BCUT2D eigenvalue weighted by atomic mass is 10.1. The molecule has 0 bridgehead atoms. The van der Waals surface area contributed by atoms with Crippen LogP contribution in [-0.2, 0) is 9.59 Å². The molecule has 5 heteroatoms. The highest BCUT2D eigenvalue weighted by atomic mass is 16.2. The smallest absolute Gasteiger partial charge is 0.239 e. The minimum atomic E-state index is -0.322. The first-order valence-corrected chi connectivity index (χ1v) is 4.94. The van der Waals surface area contributed by atoms with E-state index in [1.165, 1.54) is 0 Å². The van der Waals surface area contributed by atoms with Gasteiger partial charge in [-0.3, -0.25) is 9.59 Å². The predicted octanol–water partition coefficient (Wildman–Crippen LogP) is -1.32. The van der Waals surface area contributed by atoms with Crippen molar-refractivity contribution >= 4 is 11.8 Å². The summed E-state index contributed by atoms with van der Waals surface area (Å²) >= 11 is 0. The van der Waals surface area contributed by atoms with Crippen molar-refractivity contribution < 1.29 is 9.59 Å². The van der Waals surface area contributed by atoms with Crippen LogP contribution in [0.25, 0.3) is 0 Å². The molecule has 14 heavy (non-hydrogen) atoms. The summed E-state index contributed by atoms with van der Waals surface area (Å²) in [6, 6.07) is 0. The standard InChI is InChI=1S/C9H15N3O2/c10-6-9(1-2-9)8(14)12-4-3-11-7(13)5-12/h1-6,10H2,(H,11,13). The van der Waals surface area contributed by atoms with Gasteiger partial charge in [0.25, 0.3) is 0 Å². The SMILES string of the molecule is NCC1(C(=O)N2CCNC(=O)C2)CC1. The normalized spacial score (nSPS) is 24.4. The van der Waals surface area contributed by atoms with Crippen LogP contribution in [0.4, 0.5) is 0 Å². The van der Waals surface area contributed by atoms with E-state index in [1.807, 2.05) is 0 Å². The third-order valence-corrected chi connectivity index (χ3v) is 3.02. The summed E-state index contributed by atoms with van der Waals surface area (Å²) in [7, 11) is 0. The maximum Gasteiger partial charge on any atom is 0.239 e. The largest absolute Gasteiger partial charge is 0.353 e. The first kappa shape index (κ1) is 9.45. The molecule has 0 aromatic carbocycles. The third-order valence-electron chi connectivity index (χ3n) is 3.02. The fourth-order valence-corrected chi connectivity index (χ4v) is 1.80. The molecule has 1 aliphatic heterocycles. The summed E-state index contributed by atoms with van der Waals surface area (Å²) in [4.78, 5) is 24.6. The zero-order chi connectivity index (χ0) is 10.2. The van der Waals surface area contributed by atoms with Gasteiger partial charge in [0.05, 0.1) is 12.0 Å². The van der Waals surface area contributed by atoms with Crippen LogP contribution in [0.3, 0.4) is 0 Å². The number of hydrogen-bond donors (Lipinski definition) is 2. The maximum atomic E-state index is 11.9. The van der Waals surface area contributed by atoms with Crippen molar-refractivity contribution in [3.8, 4) is 0 Å². The Hall–Kier alpha value is -1.10. The summed E-state index contributed by atoms with van der Waals surface area (Å²) in [6.07, 6.45) is 1.75. The van der Waals surface area contributed by atoms with E-state index in [9.17, 15) is 9.59 Å². The summed E-state index contributed by atoms with van der Waals surface area (Å²) < 4.78 is 0. The van der Waals surface area contributed by atoms with Gasteiger partial charge in [-0.25, -0.2) is 0 Å². The monoisotopic (exact) mass is 197 g/mol. The topological polar surface area (TPSA) is 75.4 Å². The first-order valence-electron chi connectivity index (χ1n) is 4.94. The Bertz CT molecular complexity index is 273. The van der Waals surface area contributed by atoms with Gasteiger partial charge in [0.15, 0.2) is 0 Å². The van der Waals surface area contributed by atoms with Crippen molar-refractivity contribution in [2.45, 2.75) is 12.8 Å². The number of nitrogens with two attached hydrogens (primary N) is 1. The van der Waals surface area contributed by atoms with Crippen molar-refractivity contribution in [3.05, 3.63) is 0 Å². The molecule has 0 radical (unpaired) electrons. The van der Waals surface area contributed by atoms with E-state index in [2.05, 4.69) is 5.32 Å². The van der Waals surface area contributed by atoms with Crippen molar-refractivity contribution in [3.63, 3.8) is 0 Å². The van der Waals surface area contributed by atoms with E-state index in [0.717, 1.165) is 12.8 Å². The van der Waals surface area contributed by atoms with Crippen molar-refractivity contribution in [1.29, 1.82) is 0 Å². The Balaban J connectivity index is 2.00. The van der Waals surface area contributed by atoms with Gasteiger partial charge in [-0.2, -0.15) is 0 Å². The van der Waals surface area contributed by atoms with Gasteiger partial charge in [0.1, 0.15) is 0 Å². The molecule has 1 saturated heterocycles. The average molecular weight is 197 g/mol. The van der Waals surface area contributed by atoms with E-state index >= 15 is 0 Å². The van der Waals surface area contributed by atoms with Crippen LogP contribution in [0.15, 0.2) is 0 Å². The number of amides is 2. The highest BCUT2D eigenvalue weighted by Crippen LogP contribution is 2.46. The maximum absolute atomic E-state index is 11.9. The Labute approximate surface area is 82.6 Å². The molecular weight excluding hydrogens is 182 g/mol. The van der Waals surface area contributed by atoms with Gasteiger partial charge in [0.2, 0.25) is 11.8 Å². The molecule has 1 aliphatic carbocycles. The number of rotatable bonds is 2. The second-order valence-corrected chi connectivity index (χ2v) is 4.06. The minimum absolute atomic E-state index is 0.0647. The molecule has 0 unspecified atom stereocenters. The van der Waals surface area contributed by atoms with Crippen molar-refractivity contribution in [2.75, 3.05) is 26.2 Å². The Kier molecular flexibility index (Phi) is 2.19. The number of carbonyl (C=O) groups excluding carboxylic acids is 2. The molecule has 2 fully saturated rings. The van der Waals surface area contributed by atoms with Crippen LogP contribution in [-0.4, -0.2) is 42.9 Å². The zero-order valence-electron chi connectivity index (χ0n) is 8.08. The minimum Gasteiger partial charge on any atom is -0.353 e. The first-order chi connectivity index (χ1) is 6.68. The molecule has 2 amide bonds. The lowest BCUT2D eigenvalue weighted by molar-refractivity contribution is -0.142. The number of nitrogens with zero attached hydrogens (tertiary/aromatic N) is 1. The lowest BCUT2D eigenvalue weighted by Gasteiger charge is -2.29. The fraction of sp³-hybridized carbons (Fsp3) is 0.778. The summed E-state index contributed by atoms with van der Waals surface area (Å²) in [5.41, 5.74) is 5.24. The Morgan fingerprint density at radius 3 is 2.79 bits per heavy atom. The van der Waals surface area contributed by atoms with Gasteiger partial charge in [0, 0.05) is 19.6 Å². The molecule has 1 saturated carbocycles. The molecule has 2 aliphatic rings. The number of carbonyl (C=O) groups is 2. The lowest BCUT2D eigenvalue weighted by Crippen LogP contribution is -2.52. The second-order valence-electron chi connectivity index (χ2n) is 4.06. The van der Waals surface area contributed by atoms with Gasteiger partial charge < -0.3 is 16.0 Å². The van der Waals surface area contributed by atoms with E-state index in [0.29, 0.717) is 19.6 Å². The molecule has 0 spiro atoms. The molecule has 0 aromatic rings. The van der Waals surface area contributed by atoms with Crippen LogP contribution < -0.4 is 11.1 Å². The fourth-order valence-electron chi connectivity index (χ4n) is 1.80. The second kappa shape index (κ2) is 3.24. The zero-order valence-corrected chi connectivity index (χ0v) is 8.08. The van der Waals surface area contributed by atoms with Crippen LogP contribution in [0.2, 0.25) is 0 Å². The number of hydrogen-bond acceptors (Lipinski definition) is 3. The molecule has 1 heterocycles. The predicted molar refractivity (Wildman–Crippen MR) is 50.3 cm³/mol. The highest BCUT2D eigenvalue weighted by Gasteiger charge is 2.50. The average Bonchev–Trinajstić information content (AvgIpc) is 2.97. The molecule has 5 nitrogen and oxygen atoms in total. The highest BCUT2D eigenvalue weighted by molar-refractivity contribution is 5.90. The van der Waals surface area contributed by atoms with Crippen LogP contribution >= 0.6 is 0 Å². The van der Waals surface area contributed by atoms with E-state index in [-0.39, 0.29) is 23.8 Å². The van der Waals surface area contributed by atoms with E-state index < -0.39 is 0 Å². The molecular formula is C9H15N3O2. The van der Waals surface area contributed by atoms with Crippen LogP contribution in [0, 0.1) is 5.41 Å². The molecule has 0 atom stereocenters. The Morgan fingerprint density at radius 1 is 1.57 bits per heavy atom. The molecule has 2 rings (SSSR count). The van der Waals surface area contributed by atoms with Gasteiger partial charge in [-0.15, -0.1) is 0 Å². The van der Waals surface area contributed by atoms with E-state index in [1.54, 1.807) is 4.90 Å². The Morgan fingerprint density at radius 2 is 2.29 bits per heavy atom. The summed E-state index contributed by atoms with van der Waals surface area (Å²) in [5.74, 6) is -0.00716. The van der Waals surface area contributed by atoms with Crippen LogP contribution in [0.1, 0.15) is 12.8 Å². The number of nitrogens with one attached hydrogen (secondary N) is 1. The summed E-state index contributed by atoms with van der Waals surface area (Å²) in [6.45, 7) is 1.78. The molecule has 0 aromatic heterocycles. The van der Waals surface area contributed by atoms with Crippen molar-refractivity contribution in [1.82, 2.24) is 10.2 Å². The molecule has 78 valence electrons. The van der Waals surface area contributed by atoms with Gasteiger partial charge in [-0.05, 0) is 12.8 Å². The van der Waals surface area contributed by atoms with E-state index in [4.69, 9.17) is 5.73 Å².